The molecule has 1 aliphatic rings. The molecule has 0 amide bonds. The van der Waals surface area contributed by atoms with E-state index in [1.54, 1.807) is 6.07 Å². The number of alkyl halides is 3. The first-order valence-electron chi connectivity index (χ1n) is 7.44. The summed E-state index contributed by atoms with van der Waals surface area (Å²) >= 11 is 0. The smallest absolute Gasteiger partial charge is 0.383 e. The molecular formula is C16H17F3N2O2. The summed E-state index contributed by atoms with van der Waals surface area (Å²) in [6, 6.07) is 5.60. The molecule has 1 aliphatic heterocycles. The topological polar surface area (TPSA) is 58.0 Å². The van der Waals surface area contributed by atoms with Gasteiger partial charge in [-0.3, -0.25) is 4.79 Å². The van der Waals surface area contributed by atoms with Gasteiger partial charge in [0.2, 0.25) is 0 Å². The summed E-state index contributed by atoms with van der Waals surface area (Å²) in [5.74, 6) is 0.674. The second-order valence-electron chi connectivity index (χ2n) is 5.92. The van der Waals surface area contributed by atoms with Crippen molar-refractivity contribution in [1.29, 1.82) is 0 Å². The van der Waals surface area contributed by atoms with Crippen molar-refractivity contribution in [2.75, 3.05) is 6.54 Å². The SMILES string of the molecule is Cc1cc([C@H]2C[C@H](c3cc(=O)[nH]o3)CCN2)ccc1C(F)(F)F. The molecule has 2 atom stereocenters. The molecular weight excluding hydrogens is 309 g/mol. The van der Waals surface area contributed by atoms with E-state index in [-0.39, 0.29) is 23.1 Å². The van der Waals surface area contributed by atoms with E-state index in [0.717, 1.165) is 18.1 Å². The molecule has 3 rings (SSSR count). The average molecular weight is 326 g/mol. The van der Waals surface area contributed by atoms with Gasteiger partial charge in [0.15, 0.2) is 0 Å². The fourth-order valence-corrected chi connectivity index (χ4v) is 3.15. The number of hydrogen-bond acceptors (Lipinski definition) is 3. The Labute approximate surface area is 130 Å². The number of H-pyrrole nitrogens is 1. The van der Waals surface area contributed by atoms with Crippen LogP contribution < -0.4 is 10.9 Å². The van der Waals surface area contributed by atoms with Gasteiger partial charge in [0.25, 0.3) is 5.56 Å². The van der Waals surface area contributed by atoms with Crippen molar-refractivity contribution < 1.29 is 17.7 Å². The molecule has 1 saturated heterocycles. The molecule has 1 aromatic carbocycles. The number of piperidine rings is 1. The predicted octanol–water partition coefficient (Wildman–Crippen LogP) is 3.50. The molecule has 7 heteroatoms. The van der Waals surface area contributed by atoms with Crippen LogP contribution in [0.3, 0.4) is 0 Å². The van der Waals surface area contributed by atoms with Crippen LogP contribution in [-0.2, 0) is 6.18 Å². The fraction of sp³-hybridized carbons (Fsp3) is 0.438. The fourth-order valence-electron chi connectivity index (χ4n) is 3.15. The second kappa shape index (κ2) is 5.88. The Kier molecular flexibility index (Phi) is 4.06. The molecule has 1 fully saturated rings. The molecule has 124 valence electrons. The molecule has 0 unspecified atom stereocenters. The molecule has 4 nitrogen and oxygen atoms in total. The Morgan fingerprint density at radius 1 is 1.26 bits per heavy atom. The monoisotopic (exact) mass is 326 g/mol. The zero-order valence-corrected chi connectivity index (χ0v) is 12.5. The Morgan fingerprint density at radius 2 is 2.04 bits per heavy atom. The van der Waals surface area contributed by atoms with Crippen LogP contribution in [0.2, 0.25) is 0 Å². The molecule has 0 aliphatic carbocycles. The van der Waals surface area contributed by atoms with Crippen molar-refractivity contribution in [2.45, 2.75) is 37.9 Å². The first-order valence-corrected chi connectivity index (χ1v) is 7.44. The minimum Gasteiger partial charge on any atom is -0.383 e. The third-order valence-corrected chi connectivity index (χ3v) is 4.31. The molecule has 0 bridgehead atoms. The Balaban J connectivity index is 1.81. The van der Waals surface area contributed by atoms with E-state index in [9.17, 15) is 18.0 Å². The molecule has 2 N–H and O–H groups in total. The minimum absolute atomic E-state index is 0.0602. The van der Waals surface area contributed by atoms with Crippen LogP contribution in [-0.4, -0.2) is 11.7 Å². The van der Waals surface area contributed by atoms with Gasteiger partial charge in [0, 0.05) is 18.0 Å². The quantitative estimate of drug-likeness (QED) is 0.888. The molecule has 0 saturated carbocycles. The number of benzene rings is 1. The summed E-state index contributed by atoms with van der Waals surface area (Å²) in [5, 5.41) is 5.59. The van der Waals surface area contributed by atoms with Gasteiger partial charge in [-0.25, -0.2) is 0 Å². The lowest BCUT2D eigenvalue weighted by atomic mass is 9.86. The Morgan fingerprint density at radius 3 is 2.65 bits per heavy atom. The maximum atomic E-state index is 12.8. The van der Waals surface area contributed by atoms with Crippen LogP contribution >= 0.6 is 0 Å². The molecule has 1 aromatic heterocycles. The summed E-state index contributed by atoms with van der Waals surface area (Å²) in [7, 11) is 0. The number of halogens is 3. The van der Waals surface area contributed by atoms with Crippen LogP contribution in [0.25, 0.3) is 0 Å². The van der Waals surface area contributed by atoms with Gasteiger partial charge in [-0.15, -0.1) is 0 Å². The average Bonchev–Trinajstić information content (AvgIpc) is 2.92. The summed E-state index contributed by atoms with van der Waals surface area (Å²) in [6.45, 7) is 2.18. The Hall–Kier alpha value is -2.02. The number of nitrogens with one attached hydrogen (secondary N) is 2. The van der Waals surface area contributed by atoms with Gasteiger partial charge in [-0.1, -0.05) is 12.1 Å². The third-order valence-electron chi connectivity index (χ3n) is 4.31. The van der Waals surface area contributed by atoms with Gasteiger partial charge >= 0.3 is 6.18 Å². The third kappa shape index (κ3) is 3.34. The second-order valence-corrected chi connectivity index (χ2v) is 5.92. The van der Waals surface area contributed by atoms with Gasteiger partial charge in [-0.2, -0.15) is 18.3 Å². The van der Waals surface area contributed by atoms with Crippen molar-refractivity contribution in [1.82, 2.24) is 10.5 Å². The number of aromatic nitrogens is 1. The standard InChI is InChI=1S/C16H17F3N2O2/c1-9-6-10(2-3-12(9)16(17,18)19)13-7-11(4-5-20-13)14-8-15(22)21-23-14/h2-3,6,8,11,13,20H,4-5,7H2,1H3,(H,21,22)/t11-,13-/m1/s1. The number of aryl methyl sites for hydroxylation is 1. The zero-order valence-electron chi connectivity index (χ0n) is 12.5. The zero-order chi connectivity index (χ0) is 16.6. The summed E-state index contributed by atoms with van der Waals surface area (Å²) in [6.07, 6.45) is -2.85. The van der Waals surface area contributed by atoms with Gasteiger partial charge in [0.05, 0.1) is 5.56 Å². The van der Waals surface area contributed by atoms with Gasteiger partial charge in [0.1, 0.15) is 5.76 Å². The largest absolute Gasteiger partial charge is 0.416 e. The van der Waals surface area contributed by atoms with E-state index in [1.165, 1.54) is 19.1 Å². The van der Waals surface area contributed by atoms with Gasteiger partial charge < -0.3 is 9.84 Å². The van der Waals surface area contributed by atoms with Crippen molar-refractivity contribution in [2.24, 2.45) is 0 Å². The van der Waals surface area contributed by atoms with E-state index in [1.807, 2.05) is 0 Å². The summed E-state index contributed by atoms with van der Waals surface area (Å²) in [5.41, 5.74) is 0.149. The normalized spacial score (nSPS) is 22.3. The predicted molar refractivity (Wildman–Crippen MR) is 78.2 cm³/mol. The maximum Gasteiger partial charge on any atom is 0.416 e. The van der Waals surface area contributed by atoms with Crippen LogP contribution in [0.4, 0.5) is 13.2 Å². The molecule has 2 aromatic rings. The van der Waals surface area contributed by atoms with Crippen molar-refractivity contribution >= 4 is 0 Å². The van der Waals surface area contributed by atoms with E-state index < -0.39 is 11.7 Å². The highest BCUT2D eigenvalue weighted by molar-refractivity contribution is 5.35. The number of hydrogen-bond donors (Lipinski definition) is 2. The summed E-state index contributed by atoms with van der Waals surface area (Å²) in [4.78, 5) is 11.2. The number of rotatable bonds is 2. The lowest BCUT2D eigenvalue weighted by Gasteiger charge is -2.29. The maximum absolute atomic E-state index is 12.8. The highest BCUT2D eigenvalue weighted by atomic mass is 19.4. The first-order chi connectivity index (χ1) is 10.8. The van der Waals surface area contributed by atoms with Crippen molar-refractivity contribution in [3.05, 3.63) is 57.1 Å². The number of aromatic amines is 1. The van der Waals surface area contributed by atoms with Crippen LogP contribution in [0.5, 0.6) is 0 Å². The van der Waals surface area contributed by atoms with E-state index in [2.05, 4.69) is 10.5 Å². The van der Waals surface area contributed by atoms with Crippen LogP contribution in [0.1, 0.15) is 47.3 Å². The van der Waals surface area contributed by atoms with Gasteiger partial charge in [-0.05, 0) is 43.5 Å². The summed E-state index contributed by atoms with van der Waals surface area (Å²) < 4.78 is 43.7. The van der Waals surface area contributed by atoms with E-state index >= 15 is 0 Å². The molecule has 23 heavy (non-hydrogen) atoms. The van der Waals surface area contributed by atoms with Crippen molar-refractivity contribution in [3.63, 3.8) is 0 Å². The highest BCUT2D eigenvalue weighted by Gasteiger charge is 2.33. The molecule has 0 spiro atoms. The lowest BCUT2D eigenvalue weighted by Crippen LogP contribution is -2.31. The minimum atomic E-state index is -4.33. The molecule has 2 heterocycles. The van der Waals surface area contributed by atoms with Crippen LogP contribution in [0, 0.1) is 6.92 Å². The van der Waals surface area contributed by atoms with Crippen molar-refractivity contribution in [3.8, 4) is 0 Å². The lowest BCUT2D eigenvalue weighted by molar-refractivity contribution is -0.138. The molecule has 0 radical (unpaired) electrons. The Bertz CT molecular complexity index is 748. The highest BCUT2D eigenvalue weighted by Crippen LogP contribution is 2.36. The van der Waals surface area contributed by atoms with E-state index in [4.69, 9.17) is 4.52 Å². The first kappa shape index (κ1) is 15.9. The van der Waals surface area contributed by atoms with E-state index in [0.29, 0.717) is 18.7 Å². The van der Waals surface area contributed by atoms with Crippen LogP contribution in [0.15, 0.2) is 33.6 Å².